The second-order valence-corrected chi connectivity index (χ2v) is 5.04. The number of piperazine rings is 1. The van der Waals surface area contributed by atoms with Gasteiger partial charge in [-0.1, -0.05) is 12.1 Å². The van der Waals surface area contributed by atoms with Gasteiger partial charge in [-0.2, -0.15) is 0 Å². The number of hydrogen-bond acceptors (Lipinski definition) is 5. The number of nitrogens with two attached hydrogens (primary N) is 1. The minimum atomic E-state index is 0.606. The highest BCUT2D eigenvalue weighted by Gasteiger charge is 2.23. The highest BCUT2D eigenvalue weighted by Crippen LogP contribution is 2.12. The number of likely N-dealkylation sites (N-methyl/N-ethyl adjacent to an activating group) is 1. The molecule has 1 saturated heterocycles. The third-order valence-corrected chi connectivity index (χ3v) is 3.66. The van der Waals surface area contributed by atoms with Gasteiger partial charge in [0, 0.05) is 45.0 Å². The Morgan fingerprint density at radius 3 is 3.00 bits per heavy atom. The van der Waals surface area contributed by atoms with E-state index in [4.69, 9.17) is 5.73 Å². The normalized spacial score (nSPS) is 22.5. The molecule has 18 heavy (non-hydrogen) atoms. The first-order chi connectivity index (χ1) is 8.72. The summed E-state index contributed by atoms with van der Waals surface area (Å²) in [6.07, 6.45) is 3.21. The molecular formula is C12H24N6. The zero-order chi connectivity index (χ0) is 13.0. The fraction of sp³-hybridized carbons (Fsp3) is 0.833. The summed E-state index contributed by atoms with van der Waals surface area (Å²) in [4.78, 5) is 4.91. The molecule has 0 amide bonds. The molecule has 1 aliphatic rings. The van der Waals surface area contributed by atoms with Gasteiger partial charge in [-0.05, 0) is 13.5 Å². The molecule has 1 aliphatic heterocycles. The molecule has 0 bridgehead atoms. The van der Waals surface area contributed by atoms with Crippen molar-refractivity contribution in [3.05, 3.63) is 11.9 Å². The van der Waals surface area contributed by atoms with Crippen molar-refractivity contribution >= 4 is 0 Å². The van der Waals surface area contributed by atoms with Crippen LogP contribution in [0.25, 0.3) is 0 Å². The summed E-state index contributed by atoms with van der Waals surface area (Å²) >= 11 is 0. The van der Waals surface area contributed by atoms with Crippen molar-refractivity contribution < 1.29 is 0 Å². The average molecular weight is 252 g/mol. The van der Waals surface area contributed by atoms with E-state index in [1.807, 2.05) is 10.9 Å². The molecule has 0 saturated carbocycles. The van der Waals surface area contributed by atoms with Crippen molar-refractivity contribution in [1.82, 2.24) is 24.8 Å². The van der Waals surface area contributed by atoms with Crippen molar-refractivity contribution in [1.29, 1.82) is 0 Å². The van der Waals surface area contributed by atoms with E-state index in [-0.39, 0.29) is 0 Å². The minimum Gasteiger partial charge on any atom is -0.329 e. The van der Waals surface area contributed by atoms with E-state index in [9.17, 15) is 0 Å². The van der Waals surface area contributed by atoms with E-state index in [0.29, 0.717) is 12.6 Å². The first kappa shape index (κ1) is 13.5. The van der Waals surface area contributed by atoms with Crippen LogP contribution in [0.4, 0.5) is 0 Å². The third-order valence-electron chi connectivity index (χ3n) is 3.66. The highest BCUT2D eigenvalue weighted by atomic mass is 15.4. The lowest BCUT2D eigenvalue weighted by Gasteiger charge is -2.38. The Hall–Kier alpha value is -0.980. The smallest absolute Gasteiger partial charge is 0.0967 e. The first-order valence-corrected chi connectivity index (χ1v) is 6.74. The van der Waals surface area contributed by atoms with Gasteiger partial charge in [-0.15, -0.1) is 5.10 Å². The van der Waals surface area contributed by atoms with Crippen LogP contribution in [0.1, 0.15) is 19.0 Å². The van der Waals surface area contributed by atoms with Crippen LogP contribution in [-0.4, -0.2) is 64.1 Å². The van der Waals surface area contributed by atoms with Gasteiger partial charge in [0.1, 0.15) is 0 Å². The molecule has 1 fully saturated rings. The van der Waals surface area contributed by atoms with E-state index in [1.54, 1.807) is 0 Å². The van der Waals surface area contributed by atoms with E-state index in [0.717, 1.165) is 38.4 Å². The van der Waals surface area contributed by atoms with Gasteiger partial charge in [0.25, 0.3) is 0 Å². The van der Waals surface area contributed by atoms with Gasteiger partial charge in [-0.3, -0.25) is 9.58 Å². The summed E-state index contributed by atoms with van der Waals surface area (Å²) in [5.74, 6) is 0. The molecule has 1 aromatic rings. The van der Waals surface area contributed by atoms with Gasteiger partial charge in [0.15, 0.2) is 0 Å². The van der Waals surface area contributed by atoms with Crippen LogP contribution in [0.5, 0.6) is 0 Å². The van der Waals surface area contributed by atoms with Gasteiger partial charge in [0.05, 0.1) is 12.2 Å². The molecule has 0 aromatic carbocycles. The van der Waals surface area contributed by atoms with Crippen molar-refractivity contribution in [2.24, 2.45) is 5.73 Å². The quantitative estimate of drug-likeness (QED) is 0.784. The summed E-state index contributed by atoms with van der Waals surface area (Å²) in [6, 6.07) is 0.665. The predicted molar refractivity (Wildman–Crippen MR) is 71.1 cm³/mol. The number of aromatic nitrogens is 3. The maximum Gasteiger partial charge on any atom is 0.0967 e. The Kier molecular flexibility index (Phi) is 4.68. The van der Waals surface area contributed by atoms with E-state index in [2.05, 4.69) is 34.1 Å². The monoisotopic (exact) mass is 252 g/mol. The molecule has 2 N–H and O–H groups in total. The minimum absolute atomic E-state index is 0.606. The maximum absolute atomic E-state index is 5.50. The molecule has 0 radical (unpaired) electrons. The van der Waals surface area contributed by atoms with E-state index < -0.39 is 0 Å². The topological polar surface area (TPSA) is 63.2 Å². The first-order valence-electron chi connectivity index (χ1n) is 6.74. The SMILES string of the molecule is CCC1CN(Cc2cn(CCN)nn2)CCN1C. The fourth-order valence-electron chi connectivity index (χ4n) is 2.48. The number of rotatable bonds is 5. The molecule has 0 spiro atoms. The Bertz CT molecular complexity index is 363. The van der Waals surface area contributed by atoms with E-state index in [1.165, 1.54) is 6.42 Å². The predicted octanol–water partition coefficient (Wildman–Crippen LogP) is -0.237. The van der Waals surface area contributed by atoms with Crippen molar-refractivity contribution in [3.8, 4) is 0 Å². The Balaban J connectivity index is 1.88. The van der Waals surface area contributed by atoms with Gasteiger partial charge < -0.3 is 10.6 Å². The van der Waals surface area contributed by atoms with Crippen molar-refractivity contribution in [3.63, 3.8) is 0 Å². The summed E-state index contributed by atoms with van der Waals surface area (Å²) in [5, 5.41) is 8.28. The zero-order valence-electron chi connectivity index (χ0n) is 11.4. The summed E-state index contributed by atoms with van der Waals surface area (Å²) in [6.45, 7) is 7.86. The van der Waals surface area contributed by atoms with Crippen LogP contribution in [0.15, 0.2) is 6.20 Å². The number of nitrogens with zero attached hydrogens (tertiary/aromatic N) is 5. The molecular weight excluding hydrogens is 228 g/mol. The molecule has 6 heteroatoms. The third kappa shape index (κ3) is 3.28. The van der Waals surface area contributed by atoms with Crippen molar-refractivity contribution in [2.75, 3.05) is 33.2 Å². The largest absolute Gasteiger partial charge is 0.329 e. The Morgan fingerprint density at radius 2 is 2.28 bits per heavy atom. The average Bonchev–Trinajstić information content (AvgIpc) is 2.80. The molecule has 2 rings (SSSR count). The molecule has 1 aromatic heterocycles. The summed E-state index contributed by atoms with van der Waals surface area (Å²) in [5.41, 5.74) is 6.55. The van der Waals surface area contributed by atoms with Crippen LogP contribution >= 0.6 is 0 Å². The van der Waals surface area contributed by atoms with Crippen LogP contribution in [0, 0.1) is 0 Å². The summed E-state index contributed by atoms with van der Waals surface area (Å²) in [7, 11) is 2.21. The van der Waals surface area contributed by atoms with Crippen molar-refractivity contribution in [2.45, 2.75) is 32.5 Å². The number of hydrogen-bond donors (Lipinski definition) is 1. The molecule has 0 aliphatic carbocycles. The maximum atomic E-state index is 5.50. The fourth-order valence-corrected chi connectivity index (χ4v) is 2.48. The van der Waals surface area contributed by atoms with Crippen LogP contribution in [-0.2, 0) is 13.1 Å². The van der Waals surface area contributed by atoms with Gasteiger partial charge in [-0.25, -0.2) is 0 Å². The van der Waals surface area contributed by atoms with Crippen LogP contribution in [0.3, 0.4) is 0 Å². The molecule has 6 nitrogen and oxygen atoms in total. The zero-order valence-corrected chi connectivity index (χ0v) is 11.4. The molecule has 102 valence electrons. The second-order valence-electron chi connectivity index (χ2n) is 5.04. The lowest BCUT2D eigenvalue weighted by molar-refractivity contribution is 0.0875. The lowest BCUT2D eigenvalue weighted by Crippen LogP contribution is -2.50. The molecule has 2 heterocycles. The Morgan fingerprint density at radius 1 is 1.44 bits per heavy atom. The van der Waals surface area contributed by atoms with Gasteiger partial charge in [0.2, 0.25) is 0 Å². The standard InChI is InChI=1S/C12H24N6/c1-3-12-10-17(7-6-16(12)2)8-11-9-18(5-4-13)15-14-11/h9,12H,3-8,10,13H2,1-2H3. The van der Waals surface area contributed by atoms with Crippen LogP contribution < -0.4 is 5.73 Å². The molecule has 1 atom stereocenters. The van der Waals surface area contributed by atoms with Crippen LogP contribution in [0.2, 0.25) is 0 Å². The highest BCUT2D eigenvalue weighted by molar-refractivity contribution is 4.94. The summed E-state index contributed by atoms with van der Waals surface area (Å²) < 4.78 is 1.82. The van der Waals surface area contributed by atoms with Gasteiger partial charge >= 0.3 is 0 Å². The van der Waals surface area contributed by atoms with E-state index >= 15 is 0 Å². The second kappa shape index (κ2) is 6.26. The lowest BCUT2D eigenvalue weighted by atomic mass is 10.1. The molecule has 1 unspecified atom stereocenters. The Labute approximate surface area is 109 Å².